The van der Waals surface area contributed by atoms with Crippen LogP contribution >= 0.6 is 0 Å². The minimum absolute atomic E-state index is 0.0833. The zero-order valence-corrected chi connectivity index (χ0v) is 10.8. The van der Waals surface area contributed by atoms with E-state index in [1.165, 1.54) is 26.9 Å². The van der Waals surface area contributed by atoms with Crippen LogP contribution in [0.1, 0.15) is 27.2 Å². The van der Waals surface area contributed by atoms with Crippen LogP contribution in [0.4, 0.5) is 0 Å². The third kappa shape index (κ3) is 3.58. The third-order valence-corrected chi connectivity index (χ3v) is 2.62. The topological polar surface area (TPSA) is 83.8 Å². The van der Waals surface area contributed by atoms with Crippen LogP contribution in [0.25, 0.3) is 0 Å². The van der Waals surface area contributed by atoms with Crippen LogP contribution in [0.3, 0.4) is 0 Å². The molecule has 2 unspecified atom stereocenters. The normalized spacial score (nSPS) is 14.9. The van der Waals surface area contributed by atoms with Crippen molar-refractivity contribution < 1.29 is 19.5 Å². The molecule has 0 saturated carbocycles. The zero-order chi connectivity index (χ0) is 14.5. The first kappa shape index (κ1) is 16.2. The maximum Gasteiger partial charge on any atom is 0.235 e. The molecular weight excluding hydrogens is 234 g/mol. The smallest absolute Gasteiger partial charge is 0.235 e. The molecule has 0 saturated heterocycles. The SMILES string of the molecule is C=C(C)C(=O)CC(O)(C(=O)C(=C)C)C(C)N=C=O. The number of isocyanates is 1. The van der Waals surface area contributed by atoms with Crippen LogP contribution in [0.15, 0.2) is 29.3 Å². The van der Waals surface area contributed by atoms with E-state index >= 15 is 0 Å². The molecule has 5 nitrogen and oxygen atoms in total. The number of ketones is 2. The molecule has 0 amide bonds. The molecule has 0 aromatic carbocycles. The van der Waals surface area contributed by atoms with E-state index in [1.54, 1.807) is 0 Å². The first-order valence-corrected chi connectivity index (χ1v) is 5.35. The van der Waals surface area contributed by atoms with Crippen LogP contribution in [-0.2, 0) is 14.4 Å². The van der Waals surface area contributed by atoms with E-state index in [0.29, 0.717) is 0 Å². The molecule has 98 valence electrons. The largest absolute Gasteiger partial charge is 0.379 e. The van der Waals surface area contributed by atoms with Gasteiger partial charge in [0, 0.05) is 6.42 Å². The Morgan fingerprint density at radius 2 is 1.83 bits per heavy atom. The fourth-order valence-electron chi connectivity index (χ4n) is 1.37. The van der Waals surface area contributed by atoms with E-state index in [1.807, 2.05) is 0 Å². The molecule has 0 spiro atoms. The molecule has 18 heavy (non-hydrogen) atoms. The molecule has 0 aromatic rings. The summed E-state index contributed by atoms with van der Waals surface area (Å²) in [5, 5.41) is 10.3. The molecule has 1 N–H and O–H groups in total. The van der Waals surface area contributed by atoms with Gasteiger partial charge >= 0.3 is 0 Å². The molecule has 0 fully saturated rings. The van der Waals surface area contributed by atoms with Crippen molar-refractivity contribution in [2.24, 2.45) is 4.99 Å². The number of carbonyl (C=O) groups excluding carboxylic acids is 3. The molecular formula is C13H17NO4. The molecule has 0 radical (unpaired) electrons. The third-order valence-electron chi connectivity index (χ3n) is 2.62. The number of nitrogens with zero attached hydrogens (tertiary/aromatic N) is 1. The van der Waals surface area contributed by atoms with Crippen LogP contribution < -0.4 is 0 Å². The van der Waals surface area contributed by atoms with E-state index in [9.17, 15) is 19.5 Å². The van der Waals surface area contributed by atoms with Crippen molar-refractivity contribution in [2.75, 3.05) is 0 Å². The Morgan fingerprint density at radius 3 is 2.17 bits per heavy atom. The van der Waals surface area contributed by atoms with Gasteiger partial charge in [-0.05, 0) is 31.9 Å². The van der Waals surface area contributed by atoms with Crippen molar-refractivity contribution in [1.29, 1.82) is 0 Å². The minimum Gasteiger partial charge on any atom is -0.379 e. The molecule has 0 bridgehead atoms. The summed E-state index contributed by atoms with van der Waals surface area (Å²) in [6, 6.07) is -1.08. The number of aliphatic imine (C=N–C) groups is 1. The highest BCUT2D eigenvalue weighted by Gasteiger charge is 2.43. The second-order valence-electron chi connectivity index (χ2n) is 4.31. The molecule has 0 aliphatic heterocycles. The number of carbonyl (C=O) groups is 2. The number of aliphatic hydroxyl groups is 1. The lowest BCUT2D eigenvalue weighted by Gasteiger charge is -2.29. The van der Waals surface area contributed by atoms with E-state index in [4.69, 9.17) is 0 Å². The van der Waals surface area contributed by atoms with E-state index in [2.05, 4.69) is 18.2 Å². The van der Waals surface area contributed by atoms with Crippen LogP contribution in [0, 0.1) is 0 Å². The monoisotopic (exact) mass is 251 g/mol. The lowest BCUT2D eigenvalue weighted by Crippen LogP contribution is -2.49. The lowest BCUT2D eigenvalue weighted by molar-refractivity contribution is -0.140. The predicted octanol–water partition coefficient (Wildman–Crippen LogP) is 1.12. The number of hydrogen-bond acceptors (Lipinski definition) is 5. The summed E-state index contributed by atoms with van der Waals surface area (Å²) in [6.45, 7) is 11.1. The number of allylic oxidation sites excluding steroid dienone is 1. The van der Waals surface area contributed by atoms with Gasteiger partial charge in [0.2, 0.25) is 6.08 Å². The summed E-state index contributed by atoms with van der Waals surface area (Å²) in [5.41, 5.74) is -1.79. The molecule has 0 heterocycles. The average molecular weight is 251 g/mol. The molecule has 0 aromatic heterocycles. The highest BCUT2D eigenvalue weighted by atomic mass is 16.3. The Balaban J connectivity index is 5.48. The van der Waals surface area contributed by atoms with Gasteiger partial charge < -0.3 is 5.11 Å². The Labute approximate surface area is 106 Å². The number of Topliss-reactive ketones (excluding diaryl/α,β-unsaturated/α-hetero) is 2. The van der Waals surface area contributed by atoms with Crippen molar-refractivity contribution in [3.05, 3.63) is 24.3 Å². The van der Waals surface area contributed by atoms with Crippen molar-refractivity contribution >= 4 is 17.6 Å². The minimum atomic E-state index is -2.08. The second kappa shape index (κ2) is 6.19. The van der Waals surface area contributed by atoms with Crippen molar-refractivity contribution in [2.45, 2.75) is 38.8 Å². The first-order chi connectivity index (χ1) is 8.16. The van der Waals surface area contributed by atoms with E-state index in [-0.39, 0.29) is 11.1 Å². The van der Waals surface area contributed by atoms with Crippen molar-refractivity contribution in [1.82, 2.24) is 0 Å². The summed E-state index contributed by atoms with van der Waals surface area (Å²) in [5.74, 6) is -1.19. The Kier molecular flexibility index (Phi) is 5.56. The van der Waals surface area contributed by atoms with Crippen molar-refractivity contribution in [3.63, 3.8) is 0 Å². The van der Waals surface area contributed by atoms with Crippen molar-refractivity contribution in [3.8, 4) is 0 Å². The summed E-state index contributed by atoms with van der Waals surface area (Å²) in [6.07, 6.45) is 0.783. The highest BCUT2D eigenvalue weighted by molar-refractivity contribution is 6.06. The van der Waals surface area contributed by atoms with Gasteiger partial charge in [0.25, 0.3) is 0 Å². The summed E-state index contributed by atoms with van der Waals surface area (Å²) < 4.78 is 0. The highest BCUT2D eigenvalue weighted by Crippen LogP contribution is 2.24. The molecule has 0 rings (SSSR count). The summed E-state index contributed by atoms with van der Waals surface area (Å²) in [4.78, 5) is 37.1. The predicted molar refractivity (Wildman–Crippen MR) is 66.8 cm³/mol. The van der Waals surface area contributed by atoms with Gasteiger partial charge in [-0.25, -0.2) is 4.79 Å². The fourth-order valence-corrected chi connectivity index (χ4v) is 1.37. The van der Waals surface area contributed by atoms with Crippen LogP contribution in [-0.4, -0.2) is 34.4 Å². The molecule has 0 aliphatic rings. The maximum absolute atomic E-state index is 11.9. The molecule has 2 atom stereocenters. The fraction of sp³-hybridized carbons (Fsp3) is 0.462. The van der Waals surface area contributed by atoms with Gasteiger partial charge in [-0.2, -0.15) is 4.99 Å². The standard InChI is InChI=1S/C13H17NO4/c1-8(2)11(16)6-13(18,10(5)14-7-15)12(17)9(3)4/h10,18H,1,3,6H2,2,4-5H3. The Morgan fingerprint density at radius 1 is 1.33 bits per heavy atom. The van der Waals surface area contributed by atoms with Gasteiger partial charge in [-0.15, -0.1) is 0 Å². The van der Waals surface area contributed by atoms with Gasteiger partial charge in [0.1, 0.15) is 0 Å². The van der Waals surface area contributed by atoms with Gasteiger partial charge in [0.05, 0.1) is 6.04 Å². The van der Waals surface area contributed by atoms with Gasteiger partial charge in [0.15, 0.2) is 17.2 Å². The van der Waals surface area contributed by atoms with E-state index in [0.717, 1.165) is 0 Å². The maximum atomic E-state index is 11.9. The lowest BCUT2D eigenvalue weighted by atomic mass is 9.82. The summed E-state index contributed by atoms with van der Waals surface area (Å²) >= 11 is 0. The number of rotatable bonds is 7. The second-order valence-corrected chi connectivity index (χ2v) is 4.31. The quantitative estimate of drug-likeness (QED) is 0.417. The zero-order valence-electron chi connectivity index (χ0n) is 10.8. The molecule has 0 aliphatic carbocycles. The molecule has 5 heteroatoms. The first-order valence-electron chi connectivity index (χ1n) is 5.35. The average Bonchev–Trinajstić information content (AvgIpc) is 2.27. The Bertz CT molecular complexity index is 446. The van der Waals surface area contributed by atoms with Gasteiger partial charge in [-0.1, -0.05) is 13.2 Å². The van der Waals surface area contributed by atoms with Crippen LogP contribution in [0.2, 0.25) is 0 Å². The number of hydrogen-bond donors (Lipinski definition) is 1. The van der Waals surface area contributed by atoms with E-state index < -0.39 is 29.6 Å². The summed E-state index contributed by atoms with van der Waals surface area (Å²) in [7, 11) is 0. The Hall–Kier alpha value is -1.84. The van der Waals surface area contributed by atoms with Gasteiger partial charge in [-0.3, -0.25) is 9.59 Å². The van der Waals surface area contributed by atoms with Crippen LogP contribution in [0.5, 0.6) is 0 Å².